The number of rotatable bonds is 1. The zero-order valence-electron chi connectivity index (χ0n) is 11.0. The second-order valence-electron chi connectivity index (χ2n) is 4.63. The third kappa shape index (κ3) is 1.90. The number of carbonyl (C=O) groups is 3. The van der Waals surface area contributed by atoms with Crippen molar-refractivity contribution in [2.24, 2.45) is 0 Å². The molecule has 0 fully saturated rings. The third-order valence-electron chi connectivity index (χ3n) is 3.27. The van der Waals surface area contributed by atoms with Crippen molar-refractivity contribution < 1.29 is 24.2 Å². The molecule has 0 saturated heterocycles. The number of esters is 1. The third-order valence-corrected chi connectivity index (χ3v) is 3.27. The summed E-state index contributed by atoms with van der Waals surface area (Å²) >= 11 is 0. The Bertz CT molecular complexity index is 804. The van der Waals surface area contributed by atoms with E-state index in [-0.39, 0.29) is 39.5 Å². The Labute approximate surface area is 119 Å². The normalized spacial score (nSPS) is 12.6. The standard InChI is InChI=1S/C16H10O5/c1-8(17)21-12-7-3-5-10-14(12)16(20)13-9(15(10)19)4-2-6-11(13)18/h2-7,18H,1H3. The van der Waals surface area contributed by atoms with Gasteiger partial charge in [-0.2, -0.15) is 0 Å². The summed E-state index contributed by atoms with van der Waals surface area (Å²) in [7, 11) is 0. The van der Waals surface area contributed by atoms with Crippen LogP contribution in [0, 0.1) is 0 Å². The van der Waals surface area contributed by atoms with Crippen LogP contribution in [0.15, 0.2) is 36.4 Å². The van der Waals surface area contributed by atoms with Gasteiger partial charge in [-0.3, -0.25) is 14.4 Å². The smallest absolute Gasteiger partial charge is 0.308 e. The van der Waals surface area contributed by atoms with Crippen LogP contribution in [0.1, 0.15) is 38.8 Å². The molecule has 104 valence electrons. The highest BCUT2D eigenvalue weighted by atomic mass is 16.5. The molecule has 0 aliphatic heterocycles. The molecule has 0 heterocycles. The molecule has 5 nitrogen and oxygen atoms in total. The number of carbonyl (C=O) groups excluding carboxylic acids is 3. The lowest BCUT2D eigenvalue weighted by molar-refractivity contribution is -0.131. The van der Waals surface area contributed by atoms with Crippen LogP contribution in [0.5, 0.6) is 11.5 Å². The zero-order valence-corrected chi connectivity index (χ0v) is 11.0. The van der Waals surface area contributed by atoms with E-state index in [0.29, 0.717) is 0 Å². The molecular formula is C16H10O5. The van der Waals surface area contributed by atoms with Gasteiger partial charge in [-0.25, -0.2) is 0 Å². The van der Waals surface area contributed by atoms with Crippen molar-refractivity contribution in [2.45, 2.75) is 6.92 Å². The van der Waals surface area contributed by atoms with Crippen molar-refractivity contribution in [1.82, 2.24) is 0 Å². The first kappa shape index (κ1) is 13.1. The van der Waals surface area contributed by atoms with E-state index in [1.165, 1.54) is 43.3 Å². The zero-order chi connectivity index (χ0) is 15.1. The van der Waals surface area contributed by atoms with E-state index in [4.69, 9.17) is 4.74 Å². The average molecular weight is 282 g/mol. The maximum atomic E-state index is 12.6. The van der Waals surface area contributed by atoms with Crippen molar-refractivity contribution in [3.8, 4) is 11.5 Å². The lowest BCUT2D eigenvalue weighted by Gasteiger charge is -2.20. The summed E-state index contributed by atoms with van der Waals surface area (Å²) in [5.41, 5.74) is 0.255. The molecule has 21 heavy (non-hydrogen) atoms. The minimum atomic E-state index is -0.591. The maximum absolute atomic E-state index is 12.6. The van der Waals surface area contributed by atoms with Gasteiger partial charge in [0.25, 0.3) is 0 Å². The van der Waals surface area contributed by atoms with Crippen LogP contribution >= 0.6 is 0 Å². The number of phenols is 1. The minimum absolute atomic E-state index is 0.00620. The molecule has 2 aromatic rings. The fourth-order valence-corrected chi connectivity index (χ4v) is 2.43. The number of fused-ring (bicyclic) bond motifs is 2. The molecule has 0 radical (unpaired) electrons. The summed E-state index contributed by atoms with van der Waals surface area (Å²) in [5, 5.41) is 9.86. The molecule has 1 aliphatic carbocycles. The van der Waals surface area contributed by atoms with E-state index >= 15 is 0 Å². The molecule has 0 spiro atoms. The molecule has 0 aromatic heterocycles. The fraction of sp³-hybridized carbons (Fsp3) is 0.0625. The van der Waals surface area contributed by atoms with Crippen molar-refractivity contribution in [1.29, 1.82) is 0 Å². The Hall–Kier alpha value is -2.95. The van der Waals surface area contributed by atoms with E-state index in [1.807, 2.05) is 0 Å². The quantitative estimate of drug-likeness (QED) is 0.546. The highest BCUT2D eigenvalue weighted by Gasteiger charge is 2.34. The molecule has 2 aromatic carbocycles. The number of ketones is 2. The van der Waals surface area contributed by atoms with Gasteiger partial charge in [0.1, 0.15) is 11.5 Å². The first-order valence-electron chi connectivity index (χ1n) is 6.23. The summed E-state index contributed by atoms with van der Waals surface area (Å²) in [4.78, 5) is 36.1. The number of phenolic OH excluding ortho intramolecular Hbond substituents is 1. The first-order chi connectivity index (χ1) is 10.0. The molecule has 0 amide bonds. The van der Waals surface area contributed by atoms with Crippen molar-refractivity contribution in [3.05, 3.63) is 58.7 Å². The van der Waals surface area contributed by atoms with Crippen LogP contribution in [-0.4, -0.2) is 22.6 Å². The summed E-state index contributed by atoms with van der Waals surface area (Å²) in [6.45, 7) is 1.21. The predicted molar refractivity (Wildman–Crippen MR) is 72.7 cm³/mol. The summed E-state index contributed by atoms with van der Waals surface area (Å²) in [6.07, 6.45) is 0. The van der Waals surface area contributed by atoms with E-state index in [2.05, 4.69) is 0 Å². The second kappa shape index (κ2) is 4.56. The van der Waals surface area contributed by atoms with Gasteiger partial charge in [-0.15, -0.1) is 0 Å². The van der Waals surface area contributed by atoms with Gasteiger partial charge in [0, 0.05) is 18.1 Å². The predicted octanol–water partition coefficient (Wildman–Crippen LogP) is 2.09. The van der Waals surface area contributed by atoms with Crippen LogP contribution in [0.2, 0.25) is 0 Å². The van der Waals surface area contributed by atoms with E-state index in [9.17, 15) is 19.5 Å². The highest BCUT2D eigenvalue weighted by Crippen LogP contribution is 2.36. The van der Waals surface area contributed by atoms with Crippen molar-refractivity contribution in [2.75, 3.05) is 0 Å². The Kier molecular flexibility index (Phi) is 2.83. The number of ether oxygens (including phenoxy) is 1. The maximum Gasteiger partial charge on any atom is 0.308 e. The minimum Gasteiger partial charge on any atom is -0.507 e. The Balaban J connectivity index is 2.29. The number of benzene rings is 2. The molecule has 3 rings (SSSR count). The van der Waals surface area contributed by atoms with Crippen LogP contribution in [0.25, 0.3) is 0 Å². The summed E-state index contributed by atoms with van der Waals surface area (Å²) in [5.74, 6) is -1.76. The van der Waals surface area contributed by atoms with Crippen LogP contribution in [0.4, 0.5) is 0 Å². The molecule has 0 atom stereocenters. The van der Waals surface area contributed by atoms with Crippen molar-refractivity contribution in [3.63, 3.8) is 0 Å². The SMILES string of the molecule is CC(=O)Oc1cccc2c1C(=O)c1c(O)cccc1C2=O. The Morgan fingerprint density at radius 3 is 2.24 bits per heavy atom. The molecular weight excluding hydrogens is 272 g/mol. The van der Waals surface area contributed by atoms with E-state index < -0.39 is 11.8 Å². The summed E-state index contributed by atoms with van der Waals surface area (Å²) < 4.78 is 4.99. The molecule has 5 heteroatoms. The van der Waals surface area contributed by atoms with Gasteiger partial charge in [0.2, 0.25) is 5.78 Å². The van der Waals surface area contributed by atoms with E-state index in [0.717, 1.165) is 0 Å². The number of hydrogen-bond acceptors (Lipinski definition) is 5. The lowest BCUT2D eigenvalue weighted by atomic mass is 9.83. The van der Waals surface area contributed by atoms with Gasteiger partial charge >= 0.3 is 5.97 Å². The second-order valence-corrected chi connectivity index (χ2v) is 4.63. The van der Waals surface area contributed by atoms with Crippen molar-refractivity contribution >= 4 is 17.5 Å². The molecule has 0 unspecified atom stereocenters. The molecule has 1 N–H and O–H groups in total. The van der Waals surface area contributed by atoms with Gasteiger partial charge in [0.15, 0.2) is 5.78 Å². The van der Waals surface area contributed by atoms with Crippen LogP contribution in [-0.2, 0) is 4.79 Å². The topological polar surface area (TPSA) is 80.7 Å². The lowest BCUT2D eigenvalue weighted by Crippen LogP contribution is -2.22. The van der Waals surface area contributed by atoms with Gasteiger partial charge in [-0.05, 0) is 12.1 Å². The van der Waals surface area contributed by atoms with Crippen LogP contribution in [0.3, 0.4) is 0 Å². The van der Waals surface area contributed by atoms with Crippen LogP contribution < -0.4 is 4.74 Å². The summed E-state index contributed by atoms with van der Waals surface area (Å²) in [6, 6.07) is 8.79. The average Bonchev–Trinajstić information content (AvgIpc) is 2.43. The monoisotopic (exact) mass is 282 g/mol. The van der Waals surface area contributed by atoms with Gasteiger partial charge in [-0.1, -0.05) is 24.3 Å². The highest BCUT2D eigenvalue weighted by molar-refractivity contribution is 6.30. The van der Waals surface area contributed by atoms with E-state index in [1.54, 1.807) is 0 Å². The largest absolute Gasteiger partial charge is 0.507 e. The van der Waals surface area contributed by atoms with Gasteiger partial charge < -0.3 is 9.84 Å². The molecule has 1 aliphatic rings. The number of aromatic hydroxyl groups is 1. The Morgan fingerprint density at radius 1 is 0.952 bits per heavy atom. The van der Waals surface area contributed by atoms with Gasteiger partial charge in [0.05, 0.1) is 11.1 Å². The number of hydrogen-bond donors (Lipinski definition) is 1. The first-order valence-corrected chi connectivity index (χ1v) is 6.23. The fourth-order valence-electron chi connectivity index (χ4n) is 2.43. The molecule has 0 bridgehead atoms. The Morgan fingerprint density at radius 2 is 1.57 bits per heavy atom. The molecule has 0 saturated carbocycles.